The number of anilines is 2. The van der Waals surface area contributed by atoms with Gasteiger partial charge in [-0.15, -0.1) is 0 Å². The van der Waals surface area contributed by atoms with Gasteiger partial charge in [-0.05, 0) is 53.8 Å². The molecule has 0 saturated heterocycles. The van der Waals surface area contributed by atoms with E-state index in [9.17, 15) is 13.5 Å². The van der Waals surface area contributed by atoms with Crippen molar-refractivity contribution in [3.05, 3.63) is 60.4 Å². The second-order valence-electron chi connectivity index (χ2n) is 6.57. The number of aromatic hydroxyl groups is 1. The quantitative estimate of drug-likeness (QED) is 0.555. The number of phenols is 1. The first-order valence-electron chi connectivity index (χ1n) is 8.51. The first kappa shape index (κ1) is 16.0. The monoisotopic (exact) mass is 377 g/mol. The summed E-state index contributed by atoms with van der Waals surface area (Å²) in [6.45, 7) is 0. The molecule has 1 aromatic heterocycles. The molecule has 5 rings (SSSR count). The molecule has 2 N–H and O–H groups in total. The Labute approximate surface area is 155 Å². The molecule has 0 aliphatic carbocycles. The topological polar surface area (TPSA) is 92.2 Å². The number of phenolic OH excluding ortho intramolecular Hbond substituents is 1. The zero-order valence-corrected chi connectivity index (χ0v) is 15.0. The fourth-order valence-corrected chi connectivity index (χ4v) is 5.21. The molecule has 2 heterocycles. The molecule has 6 nitrogen and oxygen atoms in total. The molecule has 0 saturated carbocycles. The minimum absolute atomic E-state index is 0.116. The molecule has 0 amide bonds. The van der Waals surface area contributed by atoms with Gasteiger partial charge in [0.15, 0.2) is 9.84 Å². The molecule has 0 atom stereocenters. The van der Waals surface area contributed by atoms with Gasteiger partial charge in [-0.2, -0.15) is 0 Å². The van der Waals surface area contributed by atoms with Crippen molar-refractivity contribution in [1.29, 1.82) is 0 Å². The van der Waals surface area contributed by atoms with Crippen molar-refractivity contribution in [1.82, 2.24) is 9.97 Å². The lowest BCUT2D eigenvalue weighted by atomic mass is 10.1. The van der Waals surface area contributed by atoms with E-state index in [1.807, 2.05) is 24.3 Å². The summed E-state index contributed by atoms with van der Waals surface area (Å²) >= 11 is 0. The van der Waals surface area contributed by atoms with E-state index >= 15 is 0 Å². The highest BCUT2D eigenvalue weighted by atomic mass is 32.2. The fraction of sp³-hybridized carbons (Fsp3) is 0.100. The second-order valence-corrected chi connectivity index (χ2v) is 8.64. The summed E-state index contributed by atoms with van der Waals surface area (Å²) in [5, 5.41) is 15.6. The number of rotatable bonds is 2. The Bertz CT molecular complexity index is 1330. The van der Waals surface area contributed by atoms with Gasteiger partial charge < -0.3 is 10.4 Å². The van der Waals surface area contributed by atoms with Gasteiger partial charge in [0.1, 0.15) is 17.9 Å². The van der Waals surface area contributed by atoms with Crippen LogP contribution in [0.4, 0.5) is 11.5 Å². The Balaban J connectivity index is 1.67. The van der Waals surface area contributed by atoms with Crippen molar-refractivity contribution in [3.8, 4) is 5.75 Å². The van der Waals surface area contributed by atoms with Crippen LogP contribution >= 0.6 is 0 Å². The van der Waals surface area contributed by atoms with Crippen molar-refractivity contribution < 1.29 is 13.5 Å². The third-order valence-corrected chi connectivity index (χ3v) is 6.74. The van der Waals surface area contributed by atoms with Gasteiger partial charge >= 0.3 is 0 Å². The summed E-state index contributed by atoms with van der Waals surface area (Å²) in [6.07, 6.45) is 1.93. The van der Waals surface area contributed by atoms with Gasteiger partial charge in [0.2, 0.25) is 0 Å². The van der Waals surface area contributed by atoms with Gasteiger partial charge in [-0.3, -0.25) is 0 Å². The smallest absolute Gasteiger partial charge is 0.179 e. The van der Waals surface area contributed by atoms with E-state index in [0.29, 0.717) is 22.7 Å². The average Bonchev–Trinajstić information content (AvgIpc) is 2.97. The van der Waals surface area contributed by atoms with Crippen LogP contribution in [-0.4, -0.2) is 29.2 Å². The number of nitrogens with zero attached hydrogens (tertiary/aromatic N) is 2. The van der Waals surface area contributed by atoms with Crippen molar-refractivity contribution in [2.75, 3.05) is 11.1 Å². The molecular formula is C20H15N3O3S. The predicted molar refractivity (Wildman–Crippen MR) is 104 cm³/mol. The highest BCUT2D eigenvalue weighted by molar-refractivity contribution is 7.91. The van der Waals surface area contributed by atoms with Crippen molar-refractivity contribution in [2.24, 2.45) is 0 Å². The Kier molecular flexibility index (Phi) is 3.35. The van der Waals surface area contributed by atoms with Gasteiger partial charge in [0.25, 0.3) is 0 Å². The van der Waals surface area contributed by atoms with E-state index in [1.165, 1.54) is 6.33 Å². The number of hydrogen-bond donors (Lipinski definition) is 2. The largest absolute Gasteiger partial charge is 0.507 e. The Morgan fingerprint density at radius 3 is 2.81 bits per heavy atom. The maximum absolute atomic E-state index is 12.3. The van der Waals surface area contributed by atoms with Crippen LogP contribution in [0.2, 0.25) is 0 Å². The lowest BCUT2D eigenvalue weighted by Gasteiger charge is -2.12. The first-order valence-corrected chi connectivity index (χ1v) is 10.2. The molecule has 3 aromatic carbocycles. The van der Waals surface area contributed by atoms with Crippen LogP contribution in [0.5, 0.6) is 5.75 Å². The van der Waals surface area contributed by atoms with Crippen LogP contribution in [0.25, 0.3) is 21.7 Å². The Morgan fingerprint density at radius 2 is 1.93 bits per heavy atom. The predicted octanol–water partition coefficient (Wildman–Crippen LogP) is 3.56. The summed E-state index contributed by atoms with van der Waals surface area (Å²) in [5.74, 6) is 0.924. The van der Waals surface area contributed by atoms with Gasteiger partial charge in [-0.25, -0.2) is 18.4 Å². The molecule has 1 aliphatic rings. The average molecular weight is 377 g/mol. The lowest BCUT2D eigenvalue weighted by molar-refractivity contribution is 0.481. The third-order valence-electron chi connectivity index (χ3n) is 4.94. The molecular weight excluding hydrogens is 362 g/mol. The highest BCUT2D eigenvalue weighted by Crippen LogP contribution is 2.36. The van der Waals surface area contributed by atoms with Crippen LogP contribution in [-0.2, 0) is 16.3 Å². The fourth-order valence-electron chi connectivity index (χ4n) is 3.66. The SMILES string of the molecule is O=S1(=O)CCc2c1ccc1ncnc(Nc3ccc4c(O)cccc4c3)c21. The first-order chi connectivity index (χ1) is 13.0. The summed E-state index contributed by atoms with van der Waals surface area (Å²) in [5.41, 5.74) is 2.28. The number of aromatic nitrogens is 2. The second kappa shape index (κ2) is 5.65. The van der Waals surface area contributed by atoms with E-state index in [-0.39, 0.29) is 11.5 Å². The van der Waals surface area contributed by atoms with E-state index in [2.05, 4.69) is 15.3 Å². The highest BCUT2D eigenvalue weighted by Gasteiger charge is 2.29. The van der Waals surface area contributed by atoms with Crippen molar-refractivity contribution in [2.45, 2.75) is 11.3 Å². The number of fused-ring (bicyclic) bond motifs is 4. The molecule has 0 fully saturated rings. The number of aryl methyl sites for hydroxylation is 1. The van der Waals surface area contributed by atoms with Crippen LogP contribution in [0.1, 0.15) is 5.56 Å². The molecule has 27 heavy (non-hydrogen) atoms. The molecule has 134 valence electrons. The van der Waals surface area contributed by atoms with Gasteiger partial charge in [0.05, 0.1) is 16.2 Å². The van der Waals surface area contributed by atoms with Gasteiger partial charge in [0, 0.05) is 16.5 Å². The number of hydrogen-bond acceptors (Lipinski definition) is 6. The van der Waals surface area contributed by atoms with Crippen molar-refractivity contribution >= 4 is 43.0 Å². The Morgan fingerprint density at radius 1 is 1.04 bits per heavy atom. The minimum Gasteiger partial charge on any atom is -0.507 e. The molecule has 1 aliphatic heterocycles. The van der Waals surface area contributed by atoms with Crippen LogP contribution < -0.4 is 5.32 Å². The summed E-state index contributed by atoms with van der Waals surface area (Å²) in [7, 11) is -3.23. The van der Waals surface area contributed by atoms with Crippen LogP contribution in [0, 0.1) is 0 Å². The van der Waals surface area contributed by atoms with E-state index in [0.717, 1.165) is 27.4 Å². The van der Waals surface area contributed by atoms with Gasteiger partial charge in [-0.1, -0.05) is 12.1 Å². The number of nitrogens with one attached hydrogen (secondary N) is 1. The van der Waals surface area contributed by atoms with Crippen molar-refractivity contribution in [3.63, 3.8) is 0 Å². The molecule has 4 aromatic rings. The van der Waals surface area contributed by atoms with Crippen LogP contribution in [0.15, 0.2) is 59.8 Å². The standard InChI is InChI=1S/C20H15N3O3S/c24-17-3-1-2-12-10-13(4-5-14(12)17)23-20-19-15-8-9-27(25,26)18(15)7-6-16(19)21-11-22-20/h1-7,10-11,24H,8-9H2,(H,21,22,23). The molecule has 0 bridgehead atoms. The maximum atomic E-state index is 12.3. The normalized spacial score (nSPS) is 15.1. The zero-order valence-electron chi connectivity index (χ0n) is 14.2. The summed E-state index contributed by atoms with van der Waals surface area (Å²) in [4.78, 5) is 9.02. The number of benzene rings is 3. The Hall–Kier alpha value is -3.19. The third kappa shape index (κ3) is 2.50. The number of sulfone groups is 1. The summed E-state index contributed by atoms with van der Waals surface area (Å²) < 4.78 is 24.5. The minimum atomic E-state index is -3.23. The van der Waals surface area contributed by atoms with E-state index in [4.69, 9.17) is 0 Å². The molecule has 0 radical (unpaired) electrons. The van der Waals surface area contributed by atoms with Crippen LogP contribution in [0.3, 0.4) is 0 Å². The zero-order chi connectivity index (χ0) is 18.6. The summed E-state index contributed by atoms with van der Waals surface area (Å²) in [6, 6.07) is 14.3. The molecule has 0 spiro atoms. The molecule has 0 unspecified atom stereocenters. The van der Waals surface area contributed by atoms with E-state index < -0.39 is 9.84 Å². The lowest BCUT2D eigenvalue weighted by Crippen LogP contribution is -2.00. The molecule has 7 heteroatoms. The maximum Gasteiger partial charge on any atom is 0.179 e. The van der Waals surface area contributed by atoms with E-state index in [1.54, 1.807) is 24.3 Å².